The van der Waals surface area contributed by atoms with Gasteiger partial charge in [-0.15, -0.1) is 0 Å². The van der Waals surface area contributed by atoms with Gasteiger partial charge in [0.2, 0.25) is 0 Å². The van der Waals surface area contributed by atoms with Crippen molar-refractivity contribution in [1.29, 1.82) is 0 Å². The molecule has 0 saturated carbocycles. The number of aliphatic imine (C=N–C) groups is 1. The van der Waals surface area contributed by atoms with Crippen LogP contribution >= 0.6 is 11.6 Å². The maximum atomic E-state index is 12.0. The highest BCUT2D eigenvalue weighted by Gasteiger charge is 2.19. The molecule has 2 heterocycles. The number of carbonyl (C=O) groups excluding carboxylic acids is 1. The van der Waals surface area contributed by atoms with Gasteiger partial charge in [-0.05, 0) is 31.0 Å². The number of hydrogen-bond acceptors (Lipinski definition) is 3. The molecule has 0 radical (unpaired) electrons. The molecule has 1 aromatic carbocycles. The number of pyridine rings is 1. The number of hydrogen-bond donors (Lipinski definition) is 2. The monoisotopic (exact) mass is 317 g/mol. The van der Waals surface area contributed by atoms with Gasteiger partial charge in [0, 0.05) is 30.2 Å². The highest BCUT2D eigenvalue weighted by atomic mass is 35.5. The zero-order chi connectivity index (χ0) is 15.7. The third kappa shape index (κ3) is 2.69. The fourth-order valence-corrected chi connectivity index (χ4v) is 3.00. The number of fused-ring (bicyclic) bond motifs is 1. The van der Waals surface area contributed by atoms with Crippen molar-refractivity contribution in [3.63, 3.8) is 0 Å². The molecule has 0 spiro atoms. The van der Waals surface area contributed by atoms with Gasteiger partial charge in [0.1, 0.15) is 0 Å². The Morgan fingerprint density at radius 3 is 2.68 bits per heavy atom. The summed E-state index contributed by atoms with van der Waals surface area (Å²) in [5.74, 6) is -0.733. The van der Waals surface area contributed by atoms with Crippen LogP contribution in [0.1, 0.15) is 23.2 Å². The zero-order valence-corrected chi connectivity index (χ0v) is 12.7. The predicted octanol–water partition coefficient (Wildman–Crippen LogP) is 1.90. The zero-order valence-electron chi connectivity index (χ0n) is 11.9. The van der Waals surface area contributed by atoms with Crippen LogP contribution in [0.2, 0.25) is 5.02 Å². The van der Waals surface area contributed by atoms with Gasteiger partial charge < -0.3 is 16.4 Å². The van der Waals surface area contributed by atoms with Crippen LogP contribution in [-0.4, -0.2) is 29.9 Å². The number of guanidine groups is 1. The van der Waals surface area contributed by atoms with Gasteiger partial charge in [-0.3, -0.25) is 9.78 Å². The largest absolute Gasteiger partial charge is 0.370 e. The first-order valence-corrected chi connectivity index (χ1v) is 7.41. The lowest BCUT2D eigenvalue weighted by molar-refractivity contribution is 0.100. The summed E-state index contributed by atoms with van der Waals surface area (Å²) in [5, 5.41) is 1.42. The van der Waals surface area contributed by atoms with Crippen molar-refractivity contribution >= 4 is 40.1 Å². The van der Waals surface area contributed by atoms with E-state index in [1.807, 2.05) is 0 Å². The van der Waals surface area contributed by atoms with E-state index >= 15 is 0 Å². The van der Waals surface area contributed by atoms with Gasteiger partial charge in [-0.1, -0.05) is 11.6 Å². The topological polar surface area (TPSA) is 97.6 Å². The summed E-state index contributed by atoms with van der Waals surface area (Å²) < 4.78 is 0. The van der Waals surface area contributed by atoms with Crippen molar-refractivity contribution in [2.45, 2.75) is 12.8 Å². The molecule has 22 heavy (non-hydrogen) atoms. The Hall–Kier alpha value is -2.34. The minimum atomic E-state index is -0.478. The number of benzene rings is 1. The number of amides is 1. The van der Waals surface area contributed by atoms with Gasteiger partial charge in [-0.2, -0.15) is 4.99 Å². The first-order chi connectivity index (χ1) is 10.6. The van der Waals surface area contributed by atoms with E-state index in [1.165, 1.54) is 0 Å². The number of nitrogens with zero attached hydrogens (tertiary/aromatic N) is 3. The predicted molar refractivity (Wildman–Crippen MR) is 88.3 cm³/mol. The minimum Gasteiger partial charge on any atom is -0.370 e. The molecule has 0 atom stereocenters. The summed E-state index contributed by atoms with van der Waals surface area (Å²) in [6.45, 7) is 1.90. The number of aromatic nitrogens is 1. The second kappa shape index (κ2) is 5.81. The fourth-order valence-electron chi connectivity index (χ4n) is 2.73. The molecular weight excluding hydrogens is 302 g/mol. The summed E-state index contributed by atoms with van der Waals surface area (Å²) in [6.07, 6.45) is 3.91. The molecule has 6 nitrogen and oxygen atoms in total. The van der Waals surface area contributed by atoms with E-state index in [-0.39, 0.29) is 5.96 Å². The standard InChI is InChI=1S/C15H16ClN5O/c16-11-8-19-12-4-3-9(14(22)20-15(17)18)7-10(12)13(11)21-5-1-2-6-21/h3-4,7-8H,1-2,5-6H2,(H4,17,18,20,22). The van der Waals surface area contributed by atoms with Gasteiger partial charge in [0.15, 0.2) is 5.96 Å². The number of halogens is 1. The van der Waals surface area contributed by atoms with E-state index < -0.39 is 5.91 Å². The first-order valence-electron chi connectivity index (χ1n) is 7.03. The molecule has 7 heteroatoms. The quantitative estimate of drug-likeness (QED) is 0.651. The van der Waals surface area contributed by atoms with E-state index in [0.29, 0.717) is 10.6 Å². The highest BCUT2D eigenvalue weighted by Crippen LogP contribution is 2.35. The summed E-state index contributed by atoms with van der Waals surface area (Å²) in [7, 11) is 0. The number of anilines is 1. The Morgan fingerprint density at radius 1 is 1.27 bits per heavy atom. The lowest BCUT2D eigenvalue weighted by Crippen LogP contribution is -2.24. The maximum Gasteiger partial charge on any atom is 0.280 e. The lowest BCUT2D eigenvalue weighted by Gasteiger charge is -2.21. The normalized spacial score (nSPS) is 14.3. The van der Waals surface area contributed by atoms with E-state index in [4.69, 9.17) is 23.1 Å². The Balaban J connectivity index is 2.15. The molecule has 0 bridgehead atoms. The smallest absolute Gasteiger partial charge is 0.280 e. The number of rotatable bonds is 2. The van der Waals surface area contributed by atoms with Gasteiger partial charge in [0.05, 0.1) is 16.2 Å². The van der Waals surface area contributed by atoms with Gasteiger partial charge in [-0.25, -0.2) is 0 Å². The summed E-state index contributed by atoms with van der Waals surface area (Å²) in [6, 6.07) is 5.18. The third-order valence-corrected chi connectivity index (χ3v) is 3.97. The van der Waals surface area contributed by atoms with Gasteiger partial charge in [0.25, 0.3) is 5.91 Å². The van der Waals surface area contributed by atoms with E-state index in [9.17, 15) is 4.79 Å². The maximum absolute atomic E-state index is 12.0. The van der Waals surface area contributed by atoms with Crippen LogP contribution in [0.4, 0.5) is 5.69 Å². The molecule has 4 N–H and O–H groups in total. The average Bonchev–Trinajstić information content (AvgIpc) is 2.99. The summed E-state index contributed by atoms with van der Waals surface area (Å²) in [4.78, 5) is 22.1. The van der Waals surface area contributed by atoms with Crippen molar-refractivity contribution in [3.8, 4) is 0 Å². The molecule has 1 amide bonds. The average molecular weight is 318 g/mol. The number of carbonyl (C=O) groups is 1. The Bertz CT molecular complexity index is 764. The van der Waals surface area contributed by atoms with Crippen LogP contribution in [-0.2, 0) is 0 Å². The van der Waals surface area contributed by atoms with Crippen LogP contribution in [0, 0.1) is 0 Å². The molecule has 1 aliphatic heterocycles. The molecule has 3 rings (SSSR count). The Morgan fingerprint density at radius 2 is 2.00 bits per heavy atom. The van der Waals surface area contributed by atoms with Gasteiger partial charge >= 0.3 is 0 Å². The van der Waals surface area contributed by atoms with E-state index in [2.05, 4.69) is 14.9 Å². The van der Waals surface area contributed by atoms with E-state index in [0.717, 1.165) is 42.5 Å². The number of nitrogens with two attached hydrogens (primary N) is 2. The highest BCUT2D eigenvalue weighted by molar-refractivity contribution is 6.34. The minimum absolute atomic E-state index is 0.255. The fraction of sp³-hybridized carbons (Fsp3) is 0.267. The second-order valence-electron chi connectivity index (χ2n) is 5.22. The molecule has 1 fully saturated rings. The lowest BCUT2D eigenvalue weighted by atomic mass is 10.1. The summed E-state index contributed by atoms with van der Waals surface area (Å²) >= 11 is 6.34. The van der Waals surface area contributed by atoms with Crippen molar-refractivity contribution < 1.29 is 4.79 Å². The Kier molecular flexibility index (Phi) is 3.85. The van der Waals surface area contributed by atoms with Crippen LogP contribution in [0.5, 0.6) is 0 Å². The molecule has 2 aromatic rings. The van der Waals surface area contributed by atoms with E-state index in [1.54, 1.807) is 24.4 Å². The molecular formula is C15H16ClN5O. The van der Waals surface area contributed by atoms with Crippen LogP contribution in [0.15, 0.2) is 29.4 Å². The van der Waals surface area contributed by atoms with Crippen molar-refractivity contribution in [3.05, 3.63) is 35.0 Å². The van der Waals surface area contributed by atoms with Crippen molar-refractivity contribution in [2.24, 2.45) is 16.5 Å². The molecule has 1 aromatic heterocycles. The Labute approximate surface area is 132 Å². The second-order valence-corrected chi connectivity index (χ2v) is 5.63. The molecule has 114 valence electrons. The third-order valence-electron chi connectivity index (χ3n) is 3.69. The SMILES string of the molecule is NC(N)=NC(=O)c1ccc2ncc(Cl)c(N3CCCC3)c2c1. The van der Waals surface area contributed by atoms with Crippen molar-refractivity contribution in [1.82, 2.24) is 4.98 Å². The molecule has 1 saturated heterocycles. The molecule has 0 unspecified atom stereocenters. The van der Waals surface area contributed by atoms with Crippen LogP contribution < -0.4 is 16.4 Å². The van der Waals surface area contributed by atoms with Crippen LogP contribution in [0.25, 0.3) is 10.9 Å². The van der Waals surface area contributed by atoms with Crippen molar-refractivity contribution in [2.75, 3.05) is 18.0 Å². The molecule has 0 aliphatic carbocycles. The molecule has 1 aliphatic rings. The van der Waals surface area contributed by atoms with Crippen LogP contribution in [0.3, 0.4) is 0 Å². The first kappa shape index (κ1) is 14.6. The summed E-state index contributed by atoms with van der Waals surface area (Å²) in [5.41, 5.74) is 12.6.